The van der Waals surface area contributed by atoms with Crippen molar-refractivity contribution >= 4 is 22.5 Å². The van der Waals surface area contributed by atoms with Crippen molar-refractivity contribution < 1.29 is 5.11 Å². The van der Waals surface area contributed by atoms with Gasteiger partial charge in [0.25, 0.3) is 5.56 Å². The lowest BCUT2D eigenvalue weighted by Crippen LogP contribution is -2.31. The molecule has 1 aliphatic rings. The first-order chi connectivity index (χ1) is 16.9. The SMILES string of the molecule is Cn1cncc1[C@@]1(O)c2ccc(Cl)c(c2)CCc2cccc(c2)-c2cc(=O)n(C)c3ccc1cc23. The van der Waals surface area contributed by atoms with Crippen molar-refractivity contribution in [3.8, 4) is 11.1 Å². The fraction of sp³-hybridized carbons (Fsp3) is 0.172. The van der Waals surface area contributed by atoms with Crippen LogP contribution >= 0.6 is 11.6 Å². The molecule has 0 spiro atoms. The van der Waals surface area contributed by atoms with E-state index in [9.17, 15) is 9.90 Å². The summed E-state index contributed by atoms with van der Waals surface area (Å²) in [7, 11) is 3.65. The fourth-order valence-corrected chi connectivity index (χ4v) is 5.47. The van der Waals surface area contributed by atoms with Gasteiger partial charge in [-0.25, -0.2) is 4.98 Å². The second kappa shape index (κ2) is 7.94. The Balaban J connectivity index is 1.77. The Labute approximate surface area is 207 Å². The number of fused-ring (bicyclic) bond motifs is 6. The van der Waals surface area contributed by atoms with E-state index in [1.165, 1.54) is 0 Å². The van der Waals surface area contributed by atoms with Gasteiger partial charge in [0.2, 0.25) is 0 Å². The Bertz CT molecular complexity index is 1680. The first-order valence-electron chi connectivity index (χ1n) is 11.6. The molecule has 5 nitrogen and oxygen atoms in total. The molecule has 1 N–H and O–H groups in total. The highest BCUT2D eigenvalue weighted by molar-refractivity contribution is 6.31. The number of halogens is 1. The number of nitrogens with zero attached hydrogens (tertiary/aromatic N) is 3. The number of imidazole rings is 1. The summed E-state index contributed by atoms with van der Waals surface area (Å²) in [6.07, 6.45) is 4.89. The molecule has 0 radical (unpaired) electrons. The molecule has 0 amide bonds. The van der Waals surface area contributed by atoms with Gasteiger partial charge in [-0.1, -0.05) is 54.1 Å². The molecular weight excluding hydrogens is 458 g/mol. The Morgan fingerprint density at radius 3 is 2.57 bits per heavy atom. The van der Waals surface area contributed by atoms with E-state index in [4.69, 9.17) is 11.6 Å². The monoisotopic (exact) mass is 481 g/mol. The third kappa shape index (κ3) is 3.34. The van der Waals surface area contributed by atoms with Crippen molar-refractivity contribution in [2.24, 2.45) is 14.1 Å². The highest BCUT2D eigenvalue weighted by Crippen LogP contribution is 2.40. The summed E-state index contributed by atoms with van der Waals surface area (Å²) in [6.45, 7) is 0. The first-order valence-corrected chi connectivity index (χ1v) is 12.0. The largest absolute Gasteiger partial charge is 0.374 e. The zero-order chi connectivity index (χ0) is 24.3. The molecule has 6 rings (SSSR count). The van der Waals surface area contributed by atoms with Crippen LogP contribution in [0.5, 0.6) is 0 Å². The lowest BCUT2D eigenvalue weighted by atomic mass is 9.81. The number of benzene rings is 3. The Morgan fingerprint density at radius 1 is 0.971 bits per heavy atom. The maximum absolute atomic E-state index is 12.9. The molecule has 0 fully saturated rings. The van der Waals surface area contributed by atoms with Crippen molar-refractivity contribution in [2.45, 2.75) is 18.4 Å². The van der Waals surface area contributed by atoms with Crippen LogP contribution in [0.25, 0.3) is 22.0 Å². The van der Waals surface area contributed by atoms with Gasteiger partial charge in [0, 0.05) is 30.6 Å². The average Bonchev–Trinajstić information content (AvgIpc) is 3.31. The zero-order valence-corrected chi connectivity index (χ0v) is 20.3. The van der Waals surface area contributed by atoms with Gasteiger partial charge in [-0.05, 0) is 64.4 Å². The van der Waals surface area contributed by atoms with E-state index in [2.05, 4.69) is 17.1 Å². The van der Waals surface area contributed by atoms with Gasteiger partial charge in [-0.3, -0.25) is 4.79 Å². The lowest BCUT2D eigenvalue weighted by molar-refractivity contribution is 0.117. The van der Waals surface area contributed by atoms with Crippen LogP contribution in [0, 0.1) is 0 Å². The molecule has 2 aromatic heterocycles. The second-order valence-electron chi connectivity index (χ2n) is 9.29. The minimum atomic E-state index is -1.47. The van der Waals surface area contributed by atoms with Crippen molar-refractivity contribution in [2.75, 3.05) is 0 Å². The van der Waals surface area contributed by atoms with Crippen LogP contribution in [0.2, 0.25) is 5.02 Å². The average molecular weight is 482 g/mol. The third-order valence-corrected chi connectivity index (χ3v) is 7.60. The maximum Gasteiger partial charge on any atom is 0.251 e. The summed E-state index contributed by atoms with van der Waals surface area (Å²) in [5.41, 5.74) is 5.28. The summed E-state index contributed by atoms with van der Waals surface area (Å²) in [5, 5.41) is 14.1. The van der Waals surface area contributed by atoms with Gasteiger partial charge < -0.3 is 14.2 Å². The number of aryl methyl sites for hydroxylation is 4. The van der Waals surface area contributed by atoms with Crippen molar-refractivity contribution in [3.63, 3.8) is 0 Å². The summed E-state index contributed by atoms with van der Waals surface area (Å²) in [5.74, 6) is 0. The molecule has 5 aromatic rings. The van der Waals surface area contributed by atoms with Gasteiger partial charge in [0.1, 0.15) is 0 Å². The summed E-state index contributed by atoms with van der Waals surface area (Å²) in [4.78, 5) is 17.2. The Morgan fingerprint density at radius 2 is 1.77 bits per heavy atom. The highest BCUT2D eigenvalue weighted by Gasteiger charge is 2.37. The topological polar surface area (TPSA) is 60.0 Å². The number of hydrogen-bond donors (Lipinski definition) is 1. The molecule has 2 heterocycles. The van der Waals surface area contributed by atoms with Crippen LogP contribution in [0.3, 0.4) is 0 Å². The van der Waals surface area contributed by atoms with Gasteiger partial charge in [0.15, 0.2) is 5.60 Å². The molecule has 174 valence electrons. The van der Waals surface area contributed by atoms with Crippen LogP contribution in [-0.4, -0.2) is 19.2 Å². The van der Waals surface area contributed by atoms with Gasteiger partial charge >= 0.3 is 0 Å². The van der Waals surface area contributed by atoms with Crippen LogP contribution in [0.4, 0.5) is 0 Å². The van der Waals surface area contributed by atoms with Crippen LogP contribution in [0.1, 0.15) is 27.9 Å². The van der Waals surface area contributed by atoms with E-state index in [0.29, 0.717) is 16.3 Å². The molecule has 0 aliphatic heterocycles. The third-order valence-electron chi connectivity index (χ3n) is 7.24. The van der Waals surface area contributed by atoms with Crippen molar-refractivity contribution in [1.29, 1.82) is 0 Å². The van der Waals surface area contributed by atoms with E-state index in [-0.39, 0.29) is 5.56 Å². The van der Waals surface area contributed by atoms with Gasteiger partial charge in [0.05, 0.1) is 23.7 Å². The maximum atomic E-state index is 12.9. The molecule has 0 saturated heterocycles. The predicted octanol–water partition coefficient (Wildman–Crippen LogP) is 4.98. The molecule has 0 saturated carbocycles. The standard InChI is InChI=1S/C29H24ClN3O2/c1-32-17-31-16-27(32)29(35)21-8-10-25(30)20(13-21)7-6-18-4-3-5-19(12-18)23-15-28(34)33(2)26-11-9-22(29)14-24(23)26/h3-5,8-17,35H,6-7H2,1-2H3/t29-/m1/s1. The molecule has 1 aliphatic carbocycles. The number of aromatic nitrogens is 3. The van der Waals surface area contributed by atoms with E-state index < -0.39 is 5.60 Å². The van der Waals surface area contributed by atoms with Crippen molar-refractivity contribution in [3.05, 3.63) is 123 Å². The lowest BCUT2D eigenvalue weighted by Gasteiger charge is -2.31. The molecule has 6 bridgehead atoms. The Hall–Kier alpha value is -3.67. The summed E-state index contributed by atoms with van der Waals surface area (Å²) in [6, 6.07) is 21.5. The molecule has 6 heteroatoms. The number of pyridine rings is 1. The molecule has 3 aromatic carbocycles. The Kier molecular flexibility index (Phi) is 4.95. The minimum Gasteiger partial charge on any atom is -0.374 e. The zero-order valence-electron chi connectivity index (χ0n) is 19.5. The van der Waals surface area contributed by atoms with Crippen molar-refractivity contribution in [1.82, 2.24) is 14.1 Å². The van der Waals surface area contributed by atoms with Crippen LogP contribution in [-0.2, 0) is 32.5 Å². The van der Waals surface area contributed by atoms with E-state index in [0.717, 1.165) is 51.6 Å². The highest BCUT2D eigenvalue weighted by atomic mass is 35.5. The van der Waals surface area contributed by atoms with E-state index >= 15 is 0 Å². The number of hydrogen-bond acceptors (Lipinski definition) is 3. The summed E-state index contributed by atoms with van der Waals surface area (Å²) >= 11 is 6.61. The smallest absolute Gasteiger partial charge is 0.251 e. The predicted molar refractivity (Wildman–Crippen MR) is 139 cm³/mol. The van der Waals surface area contributed by atoms with Crippen LogP contribution in [0.15, 0.2) is 84.0 Å². The van der Waals surface area contributed by atoms with E-state index in [1.807, 2.05) is 60.1 Å². The molecular formula is C29H24ClN3O2. The normalized spacial score (nSPS) is 17.1. The summed E-state index contributed by atoms with van der Waals surface area (Å²) < 4.78 is 3.48. The molecule has 35 heavy (non-hydrogen) atoms. The van der Waals surface area contributed by atoms with Crippen LogP contribution < -0.4 is 5.56 Å². The van der Waals surface area contributed by atoms with Gasteiger partial charge in [-0.15, -0.1) is 0 Å². The van der Waals surface area contributed by atoms with E-state index in [1.54, 1.807) is 30.2 Å². The quantitative estimate of drug-likeness (QED) is 0.367. The molecule has 0 unspecified atom stereocenters. The number of aliphatic hydroxyl groups is 1. The minimum absolute atomic E-state index is 0.0738. The second-order valence-corrected chi connectivity index (χ2v) is 9.70. The number of rotatable bonds is 1. The van der Waals surface area contributed by atoms with Gasteiger partial charge in [-0.2, -0.15) is 0 Å². The molecule has 1 atom stereocenters. The fourth-order valence-electron chi connectivity index (χ4n) is 5.26. The first kappa shape index (κ1) is 21.8.